The standard InChI is InChI=1S/C13H21NOS/c1-10-7-8-13(16-10)12(9-15)14-11-5-3-2-4-6-11/h7-8,11-12,14-15H,2-6,9H2,1H3. The van der Waals surface area contributed by atoms with E-state index in [1.807, 2.05) is 0 Å². The quantitative estimate of drug-likeness (QED) is 0.846. The lowest BCUT2D eigenvalue weighted by atomic mass is 9.95. The van der Waals surface area contributed by atoms with E-state index in [0.29, 0.717) is 6.04 Å². The van der Waals surface area contributed by atoms with Crippen LogP contribution in [0.1, 0.15) is 47.9 Å². The third-order valence-corrected chi connectivity index (χ3v) is 4.44. The van der Waals surface area contributed by atoms with Gasteiger partial charge in [-0.2, -0.15) is 0 Å². The van der Waals surface area contributed by atoms with Crippen molar-refractivity contribution < 1.29 is 5.11 Å². The fourth-order valence-corrected chi connectivity index (χ4v) is 3.35. The topological polar surface area (TPSA) is 32.3 Å². The van der Waals surface area contributed by atoms with Crippen LogP contribution in [0.15, 0.2) is 12.1 Å². The molecule has 0 spiro atoms. The van der Waals surface area contributed by atoms with Gasteiger partial charge in [0.1, 0.15) is 0 Å². The zero-order valence-corrected chi connectivity index (χ0v) is 10.7. The zero-order valence-electron chi connectivity index (χ0n) is 9.91. The second-order valence-corrected chi connectivity index (χ2v) is 6.00. The van der Waals surface area contributed by atoms with Crippen molar-refractivity contribution in [2.24, 2.45) is 0 Å². The Morgan fingerprint density at radius 3 is 2.69 bits per heavy atom. The number of rotatable bonds is 4. The van der Waals surface area contributed by atoms with Crippen LogP contribution in [-0.4, -0.2) is 17.8 Å². The number of aryl methyl sites for hydroxylation is 1. The third-order valence-electron chi connectivity index (χ3n) is 3.33. The normalized spacial score (nSPS) is 19.9. The molecule has 1 aromatic heterocycles. The largest absolute Gasteiger partial charge is 0.394 e. The fourth-order valence-electron chi connectivity index (χ4n) is 2.42. The first kappa shape index (κ1) is 12.1. The van der Waals surface area contributed by atoms with Crippen molar-refractivity contribution in [2.75, 3.05) is 6.61 Å². The van der Waals surface area contributed by atoms with Gasteiger partial charge in [0.05, 0.1) is 12.6 Å². The van der Waals surface area contributed by atoms with Crippen molar-refractivity contribution in [1.29, 1.82) is 0 Å². The Balaban J connectivity index is 1.94. The summed E-state index contributed by atoms with van der Waals surface area (Å²) in [7, 11) is 0. The number of thiophene rings is 1. The maximum atomic E-state index is 9.46. The average Bonchev–Trinajstić information content (AvgIpc) is 2.74. The van der Waals surface area contributed by atoms with Crippen LogP contribution < -0.4 is 5.32 Å². The summed E-state index contributed by atoms with van der Waals surface area (Å²) >= 11 is 1.79. The van der Waals surface area contributed by atoms with E-state index in [2.05, 4.69) is 24.4 Å². The van der Waals surface area contributed by atoms with Gasteiger partial charge in [0.25, 0.3) is 0 Å². The molecule has 1 aliphatic carbocycles. The summed E-state index contributed by atoms with van der Waals surface area (Å²) in [5.74, 6) is 0. The second-order valence-electron chi connectivity index (χ2n) is 4.69. The third kappa shape index (κ3) is 3.06. The first-order chi connectivity index (χ1) is 7.79. The lowest BCUT2D eigenvalue weighted by molar-refractivity contribution is 0.222. The molecular weight excluding hydrogens is 218 g/mol. The molecule has 1 atom stereocenters. The number of nitrogens with one attached hydrogen (secondary N) is 1. The molecule has 0 saturated heterocycles. The summed E-state index contributed by atoms with van der Waals surface area (Å²) in [6.07, 6.45) is 6.57. The van der Waals surface area contributed by atoms with E-state index in [-0.39, 0.29) is 12.6 Å². The Labute approximate surface area is 102 Å². The molecule has 2 nitrogen and oxygen atoms in total. The predicted molar refractivity (Wildman–Crippen MR) is 68.9 cm³/mol. The highest BCUT2D eigenvalue weighted by molar-refractivity contribution is 7.12. The monoisotopic (exact) mass is 239 g/mol. The maximum absolute atomic E-state index is 9.46. The Bertz CT molecular complexity index is 317. The zero-order chi connectivity index (χ0) is 11.4. The lowest BCUT2D eigenvalue weighted by Crippen LogP contribution is -2.35. The van der Waals surface area contributed by atoms with Gasteiger partial charge in [0, 0.05) is 15.8 Å². The van der Waals surface area contributed by atoms with Crippen LogP contribution in [-0.2, 0) is 0 Å². The van der Waals surface area contributed by atoms with Gasteiger partial charge in [0.15, 0.2) is 0 Å². The Morgan fingerprint density at radius 1 is 1.38 bits per heavy atom. The highest BCUT2D eigenvalue weighted by Gasteiger charge is 2.19. The molecular formula is C13H21NOS. The lowest BCUT2D eigenvalue weighted by Gasteiger charge is -2.27. The molecule has 0 aromatic carbocycles. The van der Waals surface area contributed by atoms with Gasteiger partial charge in [-0.1, -0.05) is 19.3 Å². The number of aliphatic hydroxyl groups excluding tert-OH is 1. The molecule has 0 amide bonds. The second kappa shape index (κ2) is 5.80. The van der Waals surface area contributed by atoms with Crippen molar-refractivity contribution in [3.8, 4) is 0 Å². The maximum Gasteiger partial charge on any atom is 0.0652 e. The van der Waals surface area contributed by atoms with E-state index >= 15 is 0 Å². The Morgan fingerprint density at radius 2 is 2.12 bits per heavy atom. The van der Waals surface area contributed by atoms with Gasteiger partial charge in [-0.25, -0.2) is 0 Å². The minimum Gasteiger partial charge on any atom is -0.394 e. The number of hydrogen-bond donors (Lipinski definition) is 2. The summed E-state index contributed by atoms with van der Waals surface area (Å²) in [5, 5.41) is 13.1. The van der Waals surface area contributed by atoms with Crippen LogP contribution in [0.5, 0.6) is 0 Å². The average molecular weight is 239 g/mol. The summed E-state index contributed by atoms with van der Waals surface area (Å²) in [6, 6.07) is 5.01. The van der Waals surface area contributed by atoms with Gasteiger partial charge in [-0.05, 0) is 31.9 Å². The van der Waals surface area contributed by atoms with Gasteiger partial charge in [-0.3, -0.25) is 0 Å². The van der Waals surface area contributed by atoms with E-state index in [4.69, 9.17) is 0 Å². The molecule has 1 fully saturated rings. The van der Waals surface area contributed by atoms with Crippen molar-refractivity contribution >= 4 is 11.3 Å². The van der Waals surface area contributed by atoms with Crippen LogP contribution in [0.25, 0.3) is 0 Å². The fraction of sp³-hybridized carbons (Fsp3) is 0.692. The number of hydrogen-bond acceptors (Lipinski definition) is 3. The van der Waals surface area contributed by atoms with Gasteiger partial charge >= 0.3 is 0 Å². The van der Waals surface area contributed by atoms with E-state index in [9.17, 15) is 5.11 Å². The Hall–Kier alpha value is -0.380. The molecule has 90 valence electrons. The molecule has 2 rings (SSSR count). The summed E-state index contributed by atoms with van der Waals surface area (Å²) in [6.45, 7) is 2.32. The van der Waals surface area contributed by atoms with E-state index in [1.54, 1.807) is 11.3 Å². The smallest absolute Gasteiger partial charge is 0.0652 e. The molecule has 1 heterocycles. The van der Waals surface area contributed by atoms with E-state index in [0.717, 1.165) is 0 Å². The highest BCUT2D eigenvalue weighted by Crippen LogP contribution is 2.25. The van der Waals surface area contributed by atoms with Gasteiger partial charge in [0.2, 0.25) is 0 Å². The number of aliphatic hydroxyl groups is 1. The van der Waals surface area contributed by atoms with Crippen molar-refractivity contribution in [2.45, 2.75) is 51.1 Å². The van der Waals surface area contributed by atoms with Crippen molar-refractivity contribution in [1.82, 2.24) is 5.32 Å². The first-order valence-corrected chi connectivity index (χ1v) is 7.04. The SMILES string of the molecule is Cc1ccc(C(CO)NC2CCCCC2)s1. The summed E-state index contributed by atoms with van der Waals surface area (Å²) < 4.78 is 0. The summed E-state index contributed by atoms with van der Waals surface area (Å²) in [5.41, 5.74) is 0. The van der Waals surface area contributed by atoms with E-state index in [1.165, 1.54) is 41.9 Å². The molecule has 0 bridgehead atoms. The van der Waals surface area contributed by atoms with Crippen molar-refractivity contribution in [3.05, 3.63) is 21.9 Å². The van der Waals surface area contributed by atoms with Gasteiger partial charge in [-0.15, -0.1) is 11.3 Å². The molecule has 1 aromatic rings. The van der Waals surface area contributed by atoms with Crippen LogP contribution in [0, 0.1) is 6.92 Å². The minimum atomic E-state index is 0.141. The van der Waals surface area contributed by atoms with E-state index < -0.39 is 0 Å². The molecule has 2 N–H and O–H groups in total. The van der Waals surface area contributed by atoms with Crippen LogP contribution in [0.3, 0.4) is 0 Å². The Kier molecular flexibility index (Phi) is 4.38. The molecule has 1 aliphatic rings. The summed E-state index contributed by atoms with van der Waals surface area (Å²) in [4.78, 5) is 2.59. The predicted octanol–water partition coefficient (Wildman–Crippen LogP) is 3.01. The van der Waals surface area contributed by atoms with Crippen LogP contribution >= 0.6 is 11.3 Å². The molecule has 3 heteroatoms. The first-order valence-electron chi connectivity index (χ1n) is 6.23. The minimum absolute atomic E-state index is 0.141. The van der Waals surface area contributed by atoms with Gasteiger partial charge < -0.3 is 10.4 Å². The molecule has 16 heavy (non-hydrogen) atoms. The highest BCUT2D eigenvalue weighted by atomic mass is 32.1. The molecule has 1 saturated carbocycles. The molecule has 0 radical (unpaired) electrons. The molecule has 0 aliphatic heterocycles. The van der Waals surface area contributed by atoms with Crippen LogP contribution in [0.4, 0.5) is 0 Å². The van der Waals surface area contributed by atoms with Crippen LogP contribution in [0.2, 0.25) is 0 Å². The molecule has 1 unspecified atom stereocenters. The van der Waals surface area contributed by atoms with Crippen molar-refractivity contribution in [3.63, 3.8) is 0 Å².